The molecule has 3 aromatic carbocycles. The van der Waals surface area contributed by atoms with Crippen molar-refractivity contribution in [2.45, 2.75) is 26.2 Å². The zero-order valence-corrected chi connectivity index (χ0v) is 17.3. The van der Waals surface area contributed by atoms with Crippen molar-refractivity contribution in [2.75, 3.05) is 5.32 Å². The normalized spacial score (nSPS) is 17.3. The first kappa shape index (κ1) is 18.6. The zero-order chi connectivity index (χ0) is 20.3. The quantitative estimate of drug-likeness (QED) is 0.592. The Morgan fingerprint density at radius 3 is 2.67 bits per heavy atom. The van der Waals surface area contributed by atoms with E-state index >= 15 is 0 Å². The van der Waals surface area contributed by atoms with E-state index in [9.17, 15) is 0 Å². The number of para-hydroxylation sites is 1. The topological polar surface area (TPSA) is 24.4 Å². The molecule has 3 aliphatic rings. The molecule has 1 atom stereocenters. The number of benzene rings is 3. The summed E-state index contributed by atoms with van der Waals surface area (Å²) in [6, 6.07) is 21.5. The number of rotatable bonds is 0. The summed E-state index contributed by atoms with van der Waals surface area (Å²) >= 11 is 0. The molecule has 0 saturated carbocycles. The highest BCUT2D eigenvalue weighted by Gasteiger charge is 2.14. The first-order valence-electron chi connectivity index (χ1n) is 10.7. The molecule has 0 radical (unpaired) electrons. The largest absolute Gasteiger partial charge is 0.360 e. The Hall–Kier alpha value is -3.39. The second-order valence-corrected chi connectivity index (χ2v) is 8.23. The van der Waals surface area contributed by atoms with E-state index < -0.39 is 0 Å². The van der Waals surface area contributed by atoms with E-state index in [-0.39, 0.29) is 0 Å². The van der Waals surface area contributed by atoms with Crippen molar-refractivity contribution < 1.29 is 0 Å². The highest BCUT2D eigenvalue weighted by molar-refractivity contribution is 5.88. The predicted octanol–water partition coefficient (Wildman–Crippen LogP) is 4.68. The van der Waals surface area contributed by atoms with Gasteiger partial charge in [-0.25, -0.2) is 0 Å². The van der Waals surface area contributed by atoms with Crippen LogP contribution in [0.4, 0.5) is 5.69 Å². The number of aliphatic imine (C=N–C) groups is 1. The molecule has 1 aliphatic heterocycles. The summed E-state index contributed by atoms with van der Waals surface area (Å²) in [6.07, 6.45) is 13.8. The third-order valence-electron chi connectivity index (χ3n) is 6.11. The molecule has 1 unspecified atom stereocenters. The highest BCUT2D eigenvalue weighted by atomic mass is 14.9. The van der Waals surface area contributed by atoms with Crippen LogP contribution in [-0.4, -0.2) is 6.21 Å². The lowest BCUT2D eigenvalue weighted by Crippen LogP contribution is -2.22. The minimum Gasteiger partial charge on any atom is -0.360 e. The van der Waals surface area contributed by atoms with Crippen molar-refractivity contribution in [2.24, 2.45) is 10.9 Å². The van der Waals surface area contributed by atoms with Crippen LogP contribution >= 0.6 is 0 Å². The monoisotopic (exact) mass is 390 g/mol. The third-order valence-corrected chi connectivity index (χ3v) is 6.11. The molecule has 3 aromatic rings. The Morgan fingerprint density at radius 2 is 1.70 bits per heavy atom. The van der Waals surface area contributed by atoms with E-state index in [1.807, 2.05) is 36.7 Å². The van der Waals surface area contributed by atoms with Gasteiger partial charge >= 0.3 is 0 Å². The molecule has 0 amide bonds. The second-order valence-electron chi connectivity index (χ2n) is 8.23. The molecule has 2 aliphatic carbocycles. The Kier molecular flexibility index (Phi) is 5.06. The van der Waals surface area contributed by atoms with Crippen molar-refractivity contribution in [3.8, 4) is 0 Å². The van der Waals surface area contributed by atoms with Gasteiger partial charge in [-0.3, -0.25) is 4.99 Å². The van der Waals surface area contributed by atoms with Gasteiger partial charge in [0.15, 0.2) is 0 Å². The van der Waals surface area contributed by atoms with Crippen molar-refractivity contribution in [1.29, 1.82) is 0 Å². The van der Waals surface area contributed by atoms with Crippen molar-refractivity contribution in [3.05, 3.63) is 111 Å². The summed E-state index contributed by atoms with van der Waals surface area (Å²) in [4.78, 5) is 4.04. The Labute approximate surface area is 177 Å². The fourth-order valence-electron chi connectivity index (χ4n) is 4.56. The number of anilines is 1. The molecular weight excluding hydrogens is 364 g/mol. The second kappa shape index (κ2) is 8.16. The van der Waals surface area contributed by atoms with E-state index in [0.29, 0.717) is 0 Å². The minimum absolute atomic E-state index is 0.788. The molecule has 0 fully saturated rings. The maximum absolute atomic E-state index is 4.04. The molecular formula is C28H26N2. The number of hydrogen-bond donors (Lipinski definition) is 1. The number of fused-ring (bicyclic) bond motifs is 5. The van der Waals surface area contributed by atoms with E-state index in [1.54, 1.807) is 17.3 Å². The number of nitrogens with one attached hydrogen (secondary N) is 1. The van der Waals surface area contributed by atoms with Gasteiger partial charge in [-0.2, -0.15) is 0 Å². The van der Waals surface area contributed by atoms with Crippen molar-refractivity contribution in [3.63, 3.8) is 0 Å². The van der Waals surface area contributed by atoms with Gasteiger partial charge in [0.25, 0.3) is 0 Å². The van der Waals surface area contributed by atoms with Crippen molar-refractivity contribution >= 4 is 24.1 Å². The van der Waals surface area contributed by atoms with E-state index in [0.717, 1.165) is 23.6 Å². The maximum atomic E-state index is 4.04. The van der Waals surface area contributed by atoms with Crippen LogP contribution in [0.1, 0.15) is 30.0 Å². The van der Waals surface area contributed by atoms with Gasteiger partial charge in [0.2, 0.25) is 0 Å². The molecule has 148 valence electrons. The van der Waals surface area contributed by atoms with Gasteiger partial charge in [0.1, 0.15) is 0 Å². The fourth-order valence-corrected chi connectivity index (χ4v) is 4.56. The Balaban J connectivity index is 0.000000149. The predicted molar refractivity (Wildman–Crippen MR) is 127 cm³/mol. The van der Waals surface area contributed by atoms with Crippen LogP contribution < -0.4 is 15.8 Å². The zero-order valence-electron chi connectivity index (χ0n) is 17.3. The van der Waals surface area contributed by atoms with Gasteiger partial charge in [0, 0.05) is 29.9 Å². The average Bonchev–Trinajstić information content (AvgIpc) is 3.05. The molecule has 0 saturated heterocycles. The number of nitrogens with zero attached hydrogens (tertiary/aromatic N) is 1. The van der Waals surface area contributed by atoms with Crippen molar-refractivity contribution in [1.82, 2.24) is 0 Å². The first-order valence-corrected chi connectivity index (χ1v) is 10.7. The summed E-state index contributed by atoms with van der Waals surface area (Å²) in [7, 11) is 0. The summed E-state index contributed by atoms with van der Waals surface area (Å²) in [5.74, 6) is 0.788. The van der Waals surface area contributed by atoms with Crippen LogP contribution in [0.3, 0.4) is 0 Å². The lowest BCUT2D eigenvalue weighted by molar-refractivity contribution is 0.587. The molecule has 0 bridgehead atoms. The minimum atomic E-state index is 0.788. The summed E-state index contributed by atoms with van der Waals surface area (Å²) in [5, 5.41) is 8.85. The van der Waals surface area contributed by atoms with Gasteiger partial charge in [0.05, 0.1) is 0 Å². The van der Waals surface area contributed by atoms with Crippen LogP contribution in [0, 0.1) is 16.4 Å². The molecule has 2 heteroatoms. The molecule has 30 heavy (non-hydrogen) atoms. The first-order chi connectivity index (χ1) is 14.8. The smallest absolute Gasteiger partial charge is 0.0469 e. The van der Waals surface area contributed by atoms with Crippen LogP contribution in [0.5, 0.6) is 0 Å². The van der Waals surface area contributed by atoms with Gasteiger partial charge in [-0.15, -0.1) is 0 Å². The molecule has 6 rings (SSSR count). The molecule has 0 spiro atoms. The lowest BCUT2D eigenvalue weighted by atomic mass is 9.85. The van der Waals surface area contributed by atoms with E-state index in [1.165, 1.54) is 33.7 Å². The van der Waals surface area contributed by atoms with Gasteiger partial charge in [-0.1, -0.05) is 73.7 Å². The molecule has 0 aromatic heterocycles. The summed E-state index contributed by atoms with van der Waals surface area (Å²) < 4.78 is 0. The summed E-state index contributed by atoms with van der Waals surface area (Å²) in [6.45, 7) is 2.36. The fraction of sp³-hybridized carbons (Fsp3) is 0.179. The third kappa shape index (κ3) is 3.61. The average molecular weight is 391 g/mol. The lowest BCUT2D eigenvalue weighted by Gasteiger charge is -2.20. The summed E-state index contributed by atoms with van der Waals surface area (Å²) in [5.41, 5.74) is 5.39. The Morgan fingerprint density at radius 1 is 0.833 bits per heavy atom. The van der Waals surface area contributed by atoms with E-state index in [2.05, 4.69) is 65.8 Å². The van der Waals surface area contributed by atoms with Crippen LogP contribution in [0.15, 0.2) is 78.1 Å². The van der Waals surface area contributed by atoms with Gasteiger partial charge in [-0.05, 0) is 63.2 Å². The Bertz CT molecular complexity index is 1360. The van der Waals surface area contributed by atoms with E-state index in [4.69, 9.17) is 0 Å². The van der Waals surface area contributed by atoms with Crippen LogP contribution in [0.25, 0.3) is 12.2 Å². The van der Waals surface area contributed by atoms with Gasteiger partial charge < -0.3 is 5.32 Å². The van der Waals surface area contributed by atoms with Crippen LogP contribution in [-0.2, 0) is 12.8 Å². The molecule has 1 N–H and O–H groups in total. The molecule has 1 heterocycles. The highest BCUT2D eigenvalue weighted by Crippen LogP contribution is 2.20. The SMILES string of the molecule is C1=CNc2ccccc2C=N1.CC1CC=c2ccc3c(c2C1)CC=c1ccccc1=3. The standard InChI is InChI=1S/C19H18.C9H8N2/c1-13-6-7-15-9-10-17-16-5-3-2-4-14(16)8-11-18(17)19(15)12-13;1-2-4-9-8(3-1)7-10-5-6-11-9/h2-5,7-10,13H,6,11-12H2,1H3;1-7,11H. The maximum Gasteiger partial charge on any atom is 0.0469 e. The number of hydrogen-bond acceptors (Lipinski definition) is 2. The van der Waals surface area contributed by atoms with Crippen LogP contribution in [0.2, 0.25) is 0 Å². The molecule has 2 nitrogen and oxygen atoms in total.